The summed E-state index contributed by atoms with van der Waals surface area (Å²) in [6.07, 6.45) is 3.08. The third-order valence-corrected chi connectivity index (χ3v) is 3.91. The van der Waals surface area contributed by atoms with Gasteiger partial charge in [0.25, 0.3) is 0 Å². The minimum absolute atomic E-state index is 0.183. The van der Waals surface area contributed by atoms with E-state index < -0.39 is 5.60 Å². The van der Waals surface area contributed by atoms with Crippen molar-refractivity contribution in [3.8, 4) is 0 Å². The number of methoxy groups -OCH3 is 1. The lowest BCUT2D eigenvalue weighted by Gasteiger charge is -2.36. The summed E-state index contributed by atoms with van der Waals surface area (Å²) in [4.78, 5) is 11.4. The fourth-order valence-corrected chi connectivity index (χ4v) is 2.56. The fourth-order valence-electron chi connectivity index (χ4n) is 2.56. The molecule has 1 amide bonds. The highest BCUT2D eigenvalue weighted by molar-refractivity contribution is 5.83. The summed E-state index contributed by atoms with van der Waals surface area (Å²) in [7, 11) is 1.55. The standard InChI is InChI=1S/C15H21NO3/c1-18-15(14(16)17)9-7-13(8-10-15)19-11-12-5-3-2-4-6-12/h2-6,13H,7-11H2,1H3,(H2,16,17). The Morgan fingerprint density at radius 2 is 1.95 bits per heavy atom. The normalized spacial score (nSPS) is 27.1. The number of amides is 1. The Morgan fingerprint density at radius 1 is 1.32 bits per heavy atom. The molecule has 19 heavy (non-hydrogen) atoms. The third kappa shape index (κ3) is 3.33. The SMILES string of the molecule is COC1(C(N)=O)CCC(OCc2ccccc2)CC1. The molecule has 2 N–H and O–H groups in total. The van der Waals surface area contributed by atoms with Gasteiger partial charge in [-0.3, -0.25) is 4.79 Å². The van der Waals surface area contributed by atoms with Crippen molar-refractivity contribution in [3.63, 3.8) is 0 Å². The summed E-state index contributed by atoms with van der Waals surface area (Å²) in [6.45, 7) is 0.613. The molecule has 104 valence electrons. The number of nitrogens with two attached hydrogens (primary N) is 1. The number of hydrogen-bond donors (Lipinski definition) is 1. The van der Waals surface area contributed by atoms with Crippen LogP contribution < -0.4 is 5.73 Å². The second-order valence-electron chi connectivity index (χ2n) is 5.06. The molecule has 1 saturated carbocycles. The molecule has 0 aliphatic heterocycles. The number of primary amides is 1. The molecule has 0 heterocycles. The summed E-state index contributed by atoms with van der Waals surface area (Å²) in [5, 5.41) is 0. The number of carbonyl (C=O) groups excluding carboxylic acids is 1. The summed E-state index contributed by atoms with van der Waals surface area (Å²) in [5.41, 5.74) is 5.80. The van der Waals surface area contributed by atoms with Crippen molar-refractivity contribution in [2.24, 2.45) is 5.73 Å². The average molecular weight is 263 g/mol. The molecular formula is C15H21NO3. The average Bonchev–Trinajstić information content (AvgIpc) is 2.46. The van der Waals surface area contributed by atoms with Crippen LogP contribution in [0, 0.1) is 0 Å². The van der Waals surface area contributed by atoms with Crippen molar-refractivity contribution in [1.29, 1.82) is 0 Å². The van der Waals surface area contributed by atoms with E-state index in [9.17, 15) is 4.79 Å². The van der Waals surface area contributed by atoms with Gasteiger partial charge in [-0.15, -0.1) is 0 Å². The Balaban J connectivity index is 1.82. The molecule has 0 atom stereocenters. The van der Waals surface area contributed by atoms with Gasteiger partial charge in [0.2, 0.25) is 5.91 Å². The van der Waals surface area contributed by atoms with E-state index in [-0.39, 0.29) is 12.0 Å². The van der Waals surface area contributed by atoms with Crippen molar-refractivity contribution < 1.29 is 14.3 Å². The highest BCUT2D eigenvalue weighted by Gasteiger charge is 2.40. The third-order valence-electron chi connectivity index (χ3n) is 3.91. The molecule has 0 unspecified atom stereocenters. The van der Waals surface area contributed by atoms with E-state index in [1.807, 2.05) is 30.3 Å². The van der Waals surface area contributed by atoms with Gasteiger partial charge in [0.1, 0.15) is 5.60 Å². The number of hydrogen-bond acceptors (Lipinski definition) is 3. The van der Waals surface area contributed by atoms with Crippen LogP contribution in [0.3, 0.4) is 0 Å². The zero-order chi connectivity index (χ0) is 13.7. The summed E-state index contributed by atoms with van der Waals surface area (Å²) in [6, 6.07) is 10.1. The van der Waals surface area contributed by atoms with Crippen LogP contribution >= 0.6 is 0 Å². The Hall–Kier alpha value is -1.39. The van der Waals surface area contributed by atoms with E-state index in [0.717, 1.165) is 12.8 Å². The molecule has 1 aromatic rings. The van der Waals surface area contributed by atoms with Gasteiger partial charge < -0.3 is 15.2 Å². The molecule has 0 saturated heterocycles. The van der Waals surface area contributed by atoms with Crippen LogP contribution in [0.1, 0.15) is 31.2 Å². The molecule has 0 aromatic heterocycles. The van der Waals surface area contributed by atoms with Gasteiger partial charge in [0.15, 0.2) is 0 Å². The minimum Gasteiger partial charge on any atom is -0.374 e. The molecule has 0 spiro atoms. The maximum Gasteiger partial charge on any atom is 0.249 e. The molecule has 0 bridgehead atoms. The molecule has 1 fully saturated rings. The van der Waals surface area contributed by atoms with Crippen LogP contribution in [0.25, 0.3) is 0 Å². The van der Waals surface area contributed by atoms with Gasteiger partial charge in [-0.25, -0.2) is 0 Å². The second kappa shape index (κ2) is 6.17. The molecule has 4 heteroatoms. The first-order valence-electron chi connectivity index (χ1n) is 6.67. The largest absolute Gasteiger partial charge is 0.374 e. The number of ether oxygens (including phenoxy) is 2. The summed E-state index contributed by atoms with van der Waals surface area (Å²) < 4.78 is 11.2. The Bertz CT molecular complexity index is 411. The predicted molar refractivity (Wildman–Crippen MR) is 72.4 cm³/mol. The first-order chi connectivity index (χ1) is 9.16. The topological polar surface area (TPSA) is 61.5 Å². The molecule has 1 aliphatic carbocycles. The number of carbonyl (C=O) groups is 1. The van der Waals surface area contributed by atoms with E-state index in [4.69, 9.17) is 15.2 Å². The molecule has 2 rings (SSSR count). The van der Waals surface area contributed by atoms with Gasteiger partial charge in [0.05, 0.1) is 12.7 Å². The van der Waals surface area contributed by atoms with Gasteiger partial charge in [-0.1, -0.05) is 30.3 Å². The zero-order valence-corrected chi connectivity index (χ0v) is 11.3. The van der Waals surface area contributed by atoms with E-state index in [2.05, 4.69) is 0 Å². The lowest BCUT2D eigenvalue weighted by molar-refractivity contribution is -0.148. The predicted octanol–water partition coefficient (Wildman–Crippen LogP) is 2.02. The van der Waals surface area contributed by atoms with Gasteiger partial charge in [-0.05, 0) is 31.2 Å². The maximum absolute atomic E-state index is 11.4. The molecule has 0 radical (unpaired) electrons. The van der Waals surface area contributed by atoms with Crippen molar-refractivity contribution in [2.75, 3.05) is 7.11 Å². The maximum atomic E-state index is 11.4. The molecular weight excluding hydrogens is 242 g/mol. The van der Waals surface area contributed by atoms with Gasteiger partial charge in [-0.2, -0.15) is 0 Å². The van der Waals surface area contributed by atoms with Crippen LogP contribution in [0.4, 0.5) is 0 Å². The van der Waals surface area contributed by atoms with Crippen LogP contribution in [0.15, 0.2) is 30.3 Å². The Morgan fingerprint density at radius 3 is 2.47 bits per heavy atom. The molecule has 1 aromatic carbocycles. The van der Waals surface area contributed by atoms with Gasteiger partial charge >= 0.3 is 0 Å². The van der Waals surface area contributed by atoms with Crippen molar-refractivity contribution in [1.82, 2.24) is 0 Å². The van der Waals surface area contributed by atoms with Gasteiger partial charge in [0, 0.05) is 7.11 Å². The van der Waals surface area contributed by atoms with Crippen LogP contribution in [0.2, 0.25) is 0 Å². The van der Waals surface area contributed by atoms with Crippen molar-refractivity contribution >= 4 is 5.91 Å². The molecule has 4 nitrogen and oxygen atoms in total. The van der Waals surface area contributed by atoms with Crippen LogP contribution in [-0.4, -0.2) is 24.7 Å². The first kappa shape index (κ1) is 14.0. The minimum atomic E-state index is -0.785. The van der Waals surface area contributed by atoms with Crippen molar-refractivity contribution in [2.45, 2.75) is 44.0 Å². The van der Waals surface area contributed by atoms with Crippen LogP contribution in [-0.2, 0) is 20.9 Å². The summed E-state index contributed by atoms with van der Waals surface area (Å²) in [5.74, 6) is -0.364. The van der Waals surface area contributed by atoms with Crippen LogP contribution in [0.5, 0.6) is 0 Å². The number of rotatable bonds is 5. The zero-order valence-electron chi connectivity index (χ0n) is 11.3. The smallest absolute Gasteiger partial charge is 0.249 e. The lowest BCUT2D eigenvalue weighted by Crippen LogP contribution is -2.49. The Labute approximate surface area is 113 Å². The molecule has 1 aliphatic rings. The second-order valence-corrected chi connectivity index (χ2v) is 5.06. The van der Waals surface area contributed by atoms with Crippen molar-refractivity contribution in [3.05, 3.63) is 35.9 Å². The van der Waals surface area contributed by atoms with E-state index >= 15 is 0 Å². The summed E-state index contributed by atoms with van der Waals surface area (Å²) >= 11 is 0. The van der Waals surface area contributed by atoms with E-state index in [1.54, 1.807) is 7.11 Å². The fraction of sp³-hybridized carbons (Fsp3) is 0.533. The quantitative estimate of drug-likeness (QED) is 0.884. The van der Waals surface area contributed by atoms with E-state index in [0.29, 0.717) is 19.4 Å². The first-order valence-corrected chi connectivity index (χ1v) is 6.67. The highest BCUT2D eigenvalue weighted by atomic mass is 16.5. The monoisotopic (exact) mass is 263 g/mol. The lowest BCUT2D eigenvalue weighted by atomic mass is 9.82. The van der Waals surface area contributed by atoms with E-state index in [1.165, 1.54) is 5.56 Å². The highest BCUT2D eigenvalue weighted by Crippen LogP contribution is 2.32. The number of benzene rings is 1. The Kier molecular flexibility index (Phi) is 4.56.